The molecular weight excluding hydrogens is 304 g/mol. The summed E-state index contributed by atoms with van der Waals surface area (Å²) in [6.07, 6.45) is 0.901. The molecule has 2 aliphatic rings. The SMILES string of the molecule is CC(C)(CO)OC(=O)N1CC2CC(CN(Cc3ccccc3)C2)C1. The number of amides is 1. The van der Waals surface area contributed by atoms with Crippen molar-refractivity contribution < 1.29 is 14.6 Å². The van der Waals surface area contributed by atoms with Gasteiger partial charge in [0.05, 0.1) is 6.61 Å². The Labute approximate surface area is 144 Å². The van der Waals surface area contributed by atoms with Crippen molar-refractivity contribution in [3.63, 3.8) is 0 Å². The van der Waals surface area contributed by atoms with Crippen LogP contribution in [0.3, 0.4) is 0 Å². The van der Waals surface area contributed by atoms with Gasteiger partial charge in [-0.2, -0.15) is 0 Å². The summed E-state index contributed by atoms with van der Waals surface area (Å²) in [5.74, 6) is 1.01. The minimum atomic E-state index is -0.816. The van der Waals surface area contributed by atoms with E-state index in [1.54, 1.807) is 13.8 Å². The lowest BCUT2D eigenvalue weighted by atomic mass is 9.84. The molecule has 0 spiro atoms. The first kappa shape index (κ1) is 17.2. The highest BCUT2D eigenvalue weighted by Crippen LogP contribution is 2.30. The van der Waals surface area contributed by atoms with Crippen molar-refractivity contribution in [2.45, 2.75) is 32.4 Å². The van der Waals surface area contributed by atoms with Crippen molar-refractivity contribution in [1.29, 1.82) is 0 Å². The van der Waals surface area contributed by atoms with Crippen molar-refractivity contribution in [2.75, 3.05) is 32.8 Å². The summed E-state index contributed by atoms with van der Waals surface area (Å²) in [7, 11) is 0. The Morgan fingerprint density at radius 3 is 2.38 bits per heavy atom. The highest BCUT2D eigenvalue weighted by Gasteiger charge is 2.37. The van der Waals surface area contributed by atoms with Gasteiger partial charge in [0.15, 0.2) is 0 Å². The fourth-order valence-corrected chi connectivity index (χ4v) is 3.84. The van der Waals surface area contributed by atoms with E-state index in [4.69, 9.17) is 4.74 Å². The van der Waals surface area contributed by atoms with E-state index in [1.807, 2.05) is 11.0 Å². The molecule has 2 atom stereocenters. The average molecular weight is 332 g/mol. The number of hydrogen-bond donors (Lipinski definition) is 1. The van der Waals surface area contributed by atoms with Gasteiger partial charge in [0.2, 0.25) is 0 Å². The first-order chi connectivity index (χ1) is 11.4. The number of rotatable bonds is 4. The van der Waals surface area contributed by atoms with Crippen molar-refractivity contribution in [3.8, 4) is 0 Å². The summed E-state index contributed by atoms with van der Waals surface area (Å²) in [6.45, 7) is 7.84. The summed E-state index contributed by atoms with van der Waals surface area (Å²) in [6, 6.07) is 10.6. The predicted molar refractivity (Wildman–Crippen MR) is 92.5 cm³/mol. The standard InChI is InChI=1S/C19H28N2O3/c1-19(2,14-22)24-18(23)21-12-16-8-17(13-21)11-20(10-16)9-15-6-4-3-5-7-15/h3-7,16-17,22H,8-14H2,1-2H3. The van der Waals surface area contributed by atoms with Crippen LogP contribution in [0.15, 0.2) is 30.3 Å². The van der Waals surface area contributed by atoms with Gasteiger partial charge in [-0.15, -0.1) is 0 Å². The fraction of sp³-hybridized carbons (Fsp3) is 0.632. The summed E-state index contributed by atoms with van der Waals surface area (Å²) in [5.41, 5.74) is 0.529. The molecule has 1 amide bonds. The quantitative estimate of drug-likeness (QED) is 0.919. The zero-order valence-electron chi connectivity index (χ0n) is 14.6. The average Bonchev–Trinajstić information content (AvgIpc) is 2.54. The molecule has 1 aromatic rings. The molecule has 132 valence electrons. The number of nitrogens with zero attached hydrogens (tertiary/aromatic N) is 2. The fourth-order valence-electron chi connectivity index (χ4n) is 3.84. The van der Waals surface area contributed by atoms with Gasteiger partial charge in [0.1, 0.15) is 5.60 Å². The number of aliphatic hydroxyl groups is 1. The van der Waals surface area contributed by atoms with Crippen LogP contribution in [0.5, 0.6) is 0 Å². The van der Waals surface area contributed by atoms with Gasteiger partial charge in [-0.1, -0.05) is 30.3 Å². The minimum absolute atomic E-state index is 0.162. The Morgan fingerprint density at radius 1 is 1.17 bits per heavy atom. The van der Waals surface area contributed by atoms with Gasteiger partial charge in [-0.05, 0) is 37.7 Å². The van der Waals surface area contributed by atoms with E-state index in [2.05, 4.69) is 29.2 Å². The van der Waals surface area contributed by atoms with Crippen LogP contribution in [0.1, 0.15) is 25.8 Å². The van der Waals surface area contributed by atoms with Crippen LogP contribution < -0.4 is 0 Å². The molecule has 2 bridgehead atoms. The predicted octanol–water partition coefficient (Wildman–Crippen LogP) is 2.35. The highest BCUT2D eigenvalue weighted by molar-refractivity contribution is 5.68. The lowest BCUT2D eigenvalue weighted by Gasteiger charge is -2.45. The third kappa shape index (κ3) is 4.28. The number of likely N-dealkylation sites (tertiary alicyclic amines) is 2. The molecule has 24 heavy (non-hydrogen) atoms. The number of piperidine rings is 2. The molecule has 2 heterocycles. The van der Waals surface area contributed by atoms with Crippen molar-refractivity contribution in [3.05, 3.63) is 35.9 Å². The molecule has 3 rings (SSSR count). The monoisotopic (exact) mass is 332 g/mol. The number of carbonyl (C=O) groups excluding carboxylic acids is 1. The molecule has 0 radical (unpaired) electrons. The van der Waals surface area contributed by atoms with E-state index < -0.39 is 5.60 Å². The van der Waals surface area contributed by atoms with Crippen molar-refractivity contribution >= 4 is 6.09 Å². The third-order valence-corrected chi connectivity index (χ3v) is 4.91. The van der Waals surface area contributed by atoms with Gasteiger partial charge >= 0.3 is 6.09 Å². The minimum Gasteiger partial charge on any atom is -0.441 e. The number of fused-ring (bicyclic) bond motifs is 2. The van der Waals surface area contributed by atoms with Crippen LogP contribution in [0.25, 0.3) is 0 Å². The number of benzene rings is 1. The zero-order chi connectivity index (χ0) is 17.2. The maximum Gasteiger partial charge on any atom is 0.410 e. The van der Waals surface area contributed by atoms with E-state index in [-0.39, 0.29) is 12.7 Å². The maximum absolute atomic E-state index is 12.4. The van der Waals surface area contributed by atoms with E-state index in [0.29, 0.717) is 11.8 Å². The molecule has 2 fully saturated rings. The number of ether oxygens (including phenoxy) is 1. The lowest BCUT2D eigenvalue weighted by molar-refractivity contribution is -0.0382. The number of aliphatic hydroxyl groups excluding tert-OH is 1. The molecule has 0 aliphatic carbocycles. The van der Waals surface area contributed by atoms with Crippen LogP contribution in [-0.2, 0) is 11.3 Å². The first-order valence-electron chi connectivity index (χ1n) is 8.80. The van der Waals surface area contributed by atoms with E-state index in [0.717, 1.165) is 32.7 Å². The molecule has 1 N–H and O–H groups in total. The topological polar surface area (TPSA) is 53.0 Å². The molecular formula is C19H28N2O3. The molecule has 2 aliphatic heterocycles. The second-order valence-corrected chi connectivity index (χ2v) is 7.84. The van der Waals surface area contributed by atoms with Crippen LogP contribution in [0.4, 0.5) is 4.79 Å². The van der Waals surface area contributed by atoms with Crippen molar-refractivity contribution in [1.82, 2.24) is 9.80 Å². The van der Waals surface area contributed by atoms with E-state index >= 15 is 0 Å². The van der Waals surface area contributed by atoms with Crippen molar-refractivity contribution in [2.24, 2.45) is 11.8 Å². The Bertz CT molecular complexity index is 547. The molecule has 5 nitrogen and oxygen atoms in total. The van der Waals surface area contributed by atoms with E-state index in [1.165, 1.54) is 12.0 Å². The van der Waals surface area contributed by atoms with Gasteiger partial charge < -0.3 is 14.7 Å². The van der Waals surface area contributed by atoms with Crippen LogP contribution in [-0.4, -0.2) is 59.4 Å². The second kappa shape index (κ2) is 7.11. The highest BCUT2D eigenvalue weighted by atomic mass is 16.6. The van der Waals surface area contributed by atoms with E-state index in [9.17, 15) is 9.90 Å². The third-order valence-electron chi connectivity index (χ3n) is 4.91. The van der Waals surface area contributed by atoms with Gasteiger partial charge in [-0.25, -0.2) is 4.79 Å². The molecule has 5 heteroatoms. The smallest absolute Gasteiger partial charge is 0.410 e. The summed E-state index contributed by atoms with van der Waals surface area (Å²) < 4.78 is 5.44. The maximum atomic E-state index is 12.4. The zero-order valence-corrected chi connectivity index (χ0v) is 14.6. The molecule has 0 saturated carbocycles. The number of hydrogen-bond acceptors (Lipinski definition) is 4. The first-order valence-corrected chi connectivity index (χ1v) is 8.80. The largest absolute Gasteiger partial charge is 0.441 e. The molecule has 0 aromatic heterocycles. The molecule has 1 aromatic carbocycles. The Kier molecular flexibility index (Phi) is 5.11. The van der Waals surface area contributed by atoms with Gasteiger partial charge in [0, 0.05) is 32.7 Å². The Balaban J connectivity index is 1.56. The van der Waals surface area contributed by atoms with Crippen LogP contribution in [0, 0.1) is 11.8 Å². The summed E-state index contributed by atoms with van der Waals surface area (Å²) >= 11 is 0. The van der Waals surface area contributed by atoms with Gasteiger partial charge in [-0.3, -0.25) is 4.90 Å². The summed E-state index contributed by atoms with van der Waals surface area (Å²) in [4.78, 5) is 16.7. The molecule has 2 unspecified atom stereocenters. The molecule has 2 saturated heterocycles. The summed E-state index contributed by atoms with van der Waals surface area (Å²) in [5, 5.41) is 9.28. The number of carbonyl (C=O) groups is 1. The normalized spacial score (nSPS) is 24.7. The van der Waals surface area contributed by atoms with Crippen LogP contribution in [0.2, 0.25) is 0 Å². The second-order valence-electron chi connectivity index (χ2n) is 7.84. The van der Waals surface area contributed by atoms with Gasteiger partial charge in [0.25, 0.3) is 0 Å². The Morgan fingerprint density at radius 2 is 1.79 bits per heavy atom. The van der Waals surface area contributed by atoms with Crippen LogP contribution >= 0.6 is 0 Å². The lowest BCUT2D eigenvalue weighted by Crippen LogP contribution is -2.54. The Hall–Kier alpha value is -1.59.